The largest absolute Gasteiger partial charge is 0.338 e. The van der Waals surface area contributed by atoms with Gasteiger partial charge in [-0.2, -0.15) is 0 Å². The number of nitrogens with zero attached hydrogens (tertiary/aromatic N) is 2. The Labute approximate surface area is 186 Å². The summed E-state index contributed by atoms with van der Waals surface area (Å²) >= 11 is 0. The Morgan fingerprint density at radius 3 is 2.41 bits per heavy atom. The van der Waals surface area contributed by atoms with Crippen LogP contribution in [-0.2, 0) is 6.54 Å². The third kappa shape index (κ3) is 3.14. The Hall–Kier alpha value is -3.66. The van der Waals surface area contributed by atoms with Gasteiger partial charge in [-0.3, -0.25) is 9.59 Å². The molecule has 0 aliphatic carbocycles. The smallest absolute Gasteiger partial charge is 0.253 e. The van der Waals surface area contributed by atoms with Crippen LogP contribution in [0, 0.1) is 5.92 Å². The number of likely N-dealkylation sites (tertiary alicyclic amines) is 1. The third-order valence-electron chi connectivity index (χ3n) is 6.96. The number of benzene rings is 3. The Bertz CT molecular complexity index is 1390. The van der Waals surface area contributed by atoms with E-state index in [0.717, 1.165) is 28.8 Å². The van der Waals surface area contributed by atoms with Gasteiger partial charge in [-0.15, -0.1) is 0 Å². The van der Waals surface area contributed by atoms with Crippen LogP contribution >= 0.6 is 0 Å². The highest BCUT2D eigenvalue weighted by atomic mass is 16.2. The van der Waals surface area contributed by atoms with Crippen LogP contribution < -0.4 is 5.56 Å². The van der Waals surface area contributed by atoms with Crippen molar-refractivity contribution in [3.05, 3.63) is 107 Å². The molecule has 2 aliphatic rings. The molecular formula is C28H24N2O2. The van der Waals surface area contributed by atoms with Crippen molar-refractivity contribution < 1.29 is 4.79 Å². The molecule has 0 N–H and O–H groups in total. The van der Waals surface area contributed by atoms with Crippen molar-refractivity contribution >= 4 is 16.7 Å². The molecule has 0 unspecified atom stereocenters. The normalized spacial score (nSPS) is 19.6. The molecule has 2 aliphatic heterocycles. The van der Waals surface area contributed by atoms with E-state index in [1.54, 1.807) is 6.07 Å². The molecule has 4 heteroatoms. The molecule has 4 nitrogen and oxygen atoms in total. The van der Waals surface area contributed by atoms with Crippen LogP contribution in [0.25, 0.3) is 21.9 Å². The van der Waals surface area contributed by atoms with Crippen LogP contribution in [0.4, 0.5) is 0 Å². The summed E-state index contributed by atoms with van der Waals surface area (Å²) in [7, 11) is 0. The number of amides is 1. The summed E-state index contributed by atoms with van der Waals surface area (Å²) in [5.74, 6) is 0.545. The SMILES string of the molecule is O=C(c1ccccc1)N1C[C@H]2C[C@H](C1)c1c(-c3ccc4ccccc4c3)ccc(=O)n1C2. The molecule has 2 bridgehead atoms. The number of aromatic nitrogens is 1. The maximum atomic E-state index is 13.2. The molecule has 1 amide bonds. The average Bonchev–Trinajstić information content (AvgIpc) is 2.84. The van der Waals surface area contributed by atoms with Crippen molar-refractivity contribution in [2.24, 2.45) is 5.92 Å². The van der Waals surface area contributed by atoms with Crippen LogP contribution in [0.5, 0.6) is 0 Å². The lowest BCUT2D eigenvalue weighted by Gasteiger charge is -2.43. The van der Waals surface area contributed by atoms with E-state index in [9.17, 15) is 9.59 Å². The van der Waals surface area contributed by atoms with Gasteiger partial charge in [0.25, 0.3) is 11.5 Å². The van der Waals surface area contributed by atoms with E-state index in [1.807, 2.05) is 51.9 Å². The molecule has 1 aromatic heterocycles. The predicted molar refractivity (Wildman–Crippen MR) is 127 cm³/mol. The van der Waals surface area contributed by atoms with E-state index in [1.165, 1.54) is 10.8 Å². The third-order valence-corrected chi connectivity index (χ3v) is 6.96. The molecule has 6 rings (SSSR count). The van der Waals surface area contributed by atoms with Crippen LogP contribution in [-0.4, -0.2) is 28.5 Å². The topological polar surface area (TPSA) is 42.3 Å². The first-order valence-electron chi connectivity index (χ1n) is 11.2. The van der Waals surface area contributed by atoms with Crippen molar-refractivity contribution in [1.82, 2.24) is 9.47 Å². The zero-order valence-electron chi connectivity index (χ0n) is 17.8. The van der Waals surface area contributed by atoms with Gasteiger partial charge in [0.15, 0.2) is 0 Å². The molecule has 3 aromatic carbocycles. The summed E-state index contributed by atoms with van der Waals surface area (Å²) in [5, 5.41) is 2.39. The molecule has 1 fully saturated rings. The van der Waals surface area contributed by atoms with Crippen molar-refractivity contribution in [2.45, 2.75) is 18.9 Å². The minimum absolute atomic E-state index is 0.0575. The fourth-order valence-electron chi connectivity index (χ4n) is 5.55. The van der Waals surface area contributed by atoms with Crippen LogP contribution in [0.2, 0.25) is 0 Å². The Morgan fingerprint density at radius 1 is 0.781 bits per heavy atom. The number of piperidine rings is 1. The summed E-state index contributed by atoms with van der Waals surface area (Å²) in [6, 6.07) is 28.0. The number of pyridine rings is 1. The van der Waals surface area contributed by atoms with Crippen LogP contribution in [0.3, 0.4) is 0 Å². The molecular weight excluding hydrogens is 396 g/mol. The lowest BCUT2D eigenvalue weighted by Crippen LogP contribution is -2.49. The number of carbonyl (C=O) groups is 1. The quantitative estimate of drug-likeness (QED) is 0.462. The number of hydrogen-bond donors (Lipinski definition) is 0. The van der Waals surface area contributed by atoms with Gasteiger partial charge in [-0.05, 0) is 52.9 Å². The molecule has 1 saturated heterocycles. The second-order valence-electron chi connectivity index (χ2n) is 9.02. The van der Waals surface area contributed by atoms with Crippen molar-refractivity contribution in [1.29, 1.82) is 0 Å². The maximum Gasteiger partial charge on any atom is 0.253 e. The van der Waals surface area contributed by atoms with Gasteiger partial charge in [0.1, 0.15) is 0 Å². The maximum absolute atomic E-state index is 13.2. The molecule has 158 valence electrons. The van der Waals surface area contributed by atoms with Gasteiger partial charge in [0.05, 0.1) is 0 Å². The number of carbonyl (C=O) groups excluding carboxylic acids is 1. The van der Waals surface area contributed by atoms with Crippen LogP contribution in [0.15, 0.2) is 89.7 Å². The van der Waals surface area contributed by atoms with E-state index < -0.39 is 0 Å². The monoisotopic (exact) mass is 420 g/mol. The van der Waals surface area contributed by atoms with Gasteiger partial charge in [0, 0.05) is 48.4 Å². The summed E-state index contributed by atoms with van der Waals surface area (Å²) in [6.07, 6.45) is 1.02. The highest BCUT2D eigenvalue weighted by Gasteiger charge is 2.38. The van der Waals surface area contributed by atoms with Crippen LogP contribution in [0.1, 0.15) is 28.4 Å². The van der Waals surface area contributed by atoms with E-state index in [4.69, 9.17) is 0 Å². The molecule has 4 aromatic rings. The van der Waals surface area contributed by atoms with Crippen molar-refractivity contribution in [3.63, 3.8) is 0 Å². The summed E-state index contributed by atoms with van der Waals surface area (Å²) in [5.41, 5.74) is 4.09. The first-order valence-corrected chi connectivity index (χ1v) is 11.2. The zero-order valence-corrected chi connectivity index (χ0v) is 17.8. The molecule has 3 heterocycles. The first kappa shape index (κ1) is 19.1. The second-order valence-corrected chi connectivity index (χ2v) is 9.02. The van der Waals surface area contributed by atoms with Gasteiger partial charge in [0.2, 0.25) is 0 Å². The highest BCUT2D eigenvalue weighted by Crippen LogP contribution is 2.40. The minimum atomic E-state index is 0.0575. The average molecular weight is 421 g/mol. The van der Waals surface area contributed by atoms with E-state index in [-0.39, 0.29) is 17.4 Å². The molecule has 2 atom stereocenters. The van der Waals surface area contributed by atoms with Crippen molar-refractivity contribution in [2.75, 3.05) is 13.1 Å². The summed E-state index contributed by atoms with van der Waals surface area (Å²) in [4.78, 5) is 28.0. The van der Waals surface area contributed by atoms with E-state index >= 15 is 0 Å². The summed E-state index contributed by atoms with van der Waals surface area (Å²) in [6.45, 7) is 2.02. The Kier molecular flexibility index (Phi) is 4.46. The lowest BCUT2D eigenvalue weighted by atomic mass is 9.80. The van der Waals surface area contributed by atoms with Gasteiger partial charge >= 0.3 is 0 Å². The van der Waals surface area contributed by atoms with Gasteiger partial charge < -0.3 is 9.47 Å². The predicted octanol–water partition coefficient (Wildman–Crippen LogP) is 4.93. The molecule has 0 radical (unpaired) electrons. The number of hydrogen-bond acceptors (Lipinski definition) is 2. The zero-order chi connectivity index (χ0) is 21.7. The fraction of sp³-hybridized carbons (Fsp3) is 0.214. The van der Waals surface area contributed by atoms with E-state index in [2.05, 4.69) is 36.4 Å². The van der Waals surface area contributed by atoms with Crippen molar-refractivity contribution in [3.8, 4) is 11.1 Å². The van der Waals surface area contributed by atoms with E-state index in [0.29, 0.717) is 25.6 Å². The molecule has 0 spiro atoms. The second kappa shape index (κ2) is 7.49. The fourth-order valence-corrected chi connectivity index (χ4v) is 5.55. The highest BCUT2D eigenvalue weighted by molar-refractivity contribution is 5.94. The molecule has 0 saturated carbocycles. The summed E-state index contributed by atoms with van der Waals surface area (Å²) < 4.78 is 1.97. The first-order chi connectivity index (χ1) is 15.7. The Balaban J connectivity index is 1.42. The number of fused-ring (bicyclic) bond motifs is 5. The lowest BCUT2D eigenvalue weighted by molar-refractivity contribution is 0.0595. The minimum Gasteiger partial charge on any atom is -0.338 e. The number of rotatable bonds is 2. The molecule has 32 heavy (non-hydrogen) atoms. The van der Waals surface area contributed by atoms with Gasteiger partial charge in [-0.25, -0.2) is 0 Å². The Morgan fingerprint density at radius 2 is 1.56 bits per heavy atom. The standard InChI is InChI=1S/C28H24N2O2/c31-26-13-12-25(23-11-10-20-6-4-5-9-22(20)15-23)27-24-14-19(17-30(26)27)16-29(18-24)28(32)21-7-2-1-3-8-21/h1-13,15,19,24H,14,16-18H2/t19-,24-/m1/s1. The van der Waals surface area contributed by atoms with Gasteiger partial charge in [-0.1, -0.05) is 54.6 Å².